The molecule has 0 atom stereocenters. The van der Waals surface area contributed by atoms with Crippen molar-refractivity contribution in [1.29, 1.82) is 0 Å². The number of H-pyrrole nitrogens is 1. The number of aromatic nitrogens is 4. The molecule has 0 spiro atoms. The van der Waals surface area contributed by atoms with E-state index in [1.165, 1.54) is 27.1 Å². The number of pyridine rings is 1. The van der Waals surface area contributed by atoms with Gasteiger partial charge in [0.1, 0.15) is 0 Å². The predicted molar refractivity (Wildman–Crippen MR) is 204 cm³/mol. The van der Waals surface area contributed by atoms with Crippen molar-refractivity contribution in [3.05, 3.63) is 182 Å². The van der Waals surface area contributed by atoms with Crippen molar-refractivity contribution in [2.75, 3.05) is 0 Å². The molecule has 7 aromatic carbocycles. The maximum absolute atomic E-state index is 5.12. The molecule has 0 bridgehead atoms. The predicted octanol–water partition coefficient (Wildman–Crippen LogP) is 11.0. The van der Waals surface area contributed by atoms with E-state index in [4.69, 9.17) is 15.0 Å². The highest BCUT2D eigenvalue weighted by molar-refractivity contribution is 6.13. The molecule has 9 rings (SSSR count). The van der Waals surface area contributed by atoms with E-state index in [1.807, 2.05) is 79.1 Å². The Bertz CT molecular complexity index is 2510. The summed E-state index contributed by atoms with van der Waals surface area (Å²) in [6, 6.07) is 59.5. The Morgan fingerprint density at radius 2 is 0.780 bits per heavy atom. The van der Waals surface area contributed by atoms with E-state index in [-0.39, 0.29) is 0 Å². The molecule has 1 N–H and O–H groups in total. The van der Waals surface area contributed by atoms with E-state index in [0.717, 1.165) is 44.5 Å². The Morgan fingerprint density at radius 3 is 1.34 bits per heavy atom. The van der Waals surface area contributed by atoms with Crippen molar-refractivity contribution in [3.63, 3.8) is 0 Å². The Morgan fingerprint density at radius 1 is 0.320 bits per heavy atom. The third-order valence-electron chi connectivity index (χ3n) is 9.21. The second-order valence-corrected chi connectivity index (χ2v) is 12.4. The first kappa shape index (κ1) is 29.4. The molecule has 0 saturated heterocycles. The molecule has 0 aliphatic rings. The third kappa shape index (κ3) is 5.59. The van der Waals surface area contributed by atoms with E-state index in [9.17, 15) is 0 Å². The zero-order chi connectivity index (χ0) is 33.3. The highest BCUT2D eigenvalue weighted by Crippen LogP contribution is 2.40. The standard InChI is InChI=1S/C46H30N4/c1-3-12-33(13-4-1)44-48-45(34-14-5-2-6-15-34)50-46(49-44)40-28-38(32-23-21-31(22-24-32)37-18-11-25-47-30-37)27-39(29-40)43-41-19-9-7-16-35(41)26-36-17-8-10-20-42(36)43/h1-30H/p+1. The quantitative estimate of drug-likeness (QED) is 0.170. The van der Waals surface area contributed by atoms with Crippen LogP contribution < -0.4 is 4.98 Å². The largest absolute Gasteiger partial charge is 0.217 e. The molecule has 0 amide bonds. The van der Waals surface area contributed by atoms with E-state index in [1.54, 1.807) is 0 Å². The molecule has 9 aromatic rings. The molecular formula is C46H31N4+. The lowest BCUT2D eigenvalue weighted by Crippen LogP contribution is -2.00. The van der Waals surface area contributed by atoms with Gasteiger partial charge in [-0.25, -0.2) is 19.9 Å². The molecule has 234 valence electrons. The molecule has 4 heteroatoms. The van der Waals surface area contributed by atoms with Crippen LogP contribution in [0.25, 0.3) is 89.1 Å². The first-order valence-corrected chi connectivity index (χ1v) is 16.8. The number of nitrogens with zero attached hydrogens (tertiary/aromatic N) is 3. The number of fused-ring (bicyclic) bond motifs is 2. The van der Waals surface area contributed by atoms with Gasteiger partial charge in [-0.15, -0.1) is 0 Å². The molecule has 0 fully saturated rings. The molecule has 0 saturated carbocycles. The van der Waals surface area contributed by atoms with Crippen molar-refractivity contribution in [2.24, 2.45) is 0 Å². The molecule has 0 aliphatic heterocycles. The van der Waals surface area contributed by atoms with Gasteiger partial charge in [0.2, 0.25) is 0 Å². The van der Waals surface area contributed by atoms with Crippen molar-refractivity contribution in [3.8, 4) is 67.5 Å². The molecule has 50 heavy (non-hydrogen) atoms. The van der Waals surface area contributed by atoms with Crippen LogP contribution >= 0.6 is 0 Å². The fourth-order valence-electron chi connectivity index (χ4n) is 6.76. The van der Waals surface area contributed by atoms with Crippen LogP contribution in [0.5, 0.6) is 0 Å². The van der Waals surface area contributed by atoms with Gasteiger partial charge in [-0.05, 0) is 79.7 Å². The van der Waals surface area contributed by atoms with Crippen LogP contribution in [0, 0.1) is 0 Å². The minimum Gasteiger partial charge on any atom is -0.217 e. The van der Waals surface area contributed by atoms with Gasteiger partial charge >= 0.3 is 0 Å². The van der Waals surface area contributed by atoms with Crippen molar-refractivity contribution in [1.82, 2.24) is 15.0 Å². The van der Waals surface area contributed by atoms with Gasteiger partial charge in [0.05, 0.1) is 0 Å². The number of nitrogens with one attached hydrogen (secondary N) is 1. The topological polar surface area (TPSA) is 52.8 Å². The normalized spacial score (nSPS) is 11.2. The number of hydrogen-bond acceptors (Lipinski definition) is 3. The highest BCUT2D eigenvalue weighted by atomic mass is 15.0. The Balaban J connectivity index is 1.30. The molecule has 0 unspecified atom stereocenters. The van der Waals surface area contributed by atoms with Crippen molar-refractivity contribution in [2.45, 2.75) is 0 Å². The molecule has 4 nitrogen and oxygen atoms in total. The summed E-state index contributed by atoms with van der Waals surface area (Å²) in [5.74, 6) is 1.91. The monoisotopic (exact) mass is 639 g/mol. The Hall–Kier alpha value is -6.78. The maximum Gasteiger partial charge on any atom is 0.174 e. The van der Waals surface area contributed by atoms with Crippen LogP contribution in [-0.4, -0.2) is 15.0 Å². The van der Waals surface area contributed by atoms with Gasteiger partial charge in [-0.3, -0.25) is 0 Å². The van der Waals surface area contributed by atoms with E-state index in [2.05, 4.69) is 108 Å². The number of hydrogen-bond donors (Lipinski definition) is 0. The lowest BCUT2D eigenvalue weighted by atomic mass is 9.89. The summed E-state index contributed by atoms with van der Waals surface area (Å²) in [6.07, 6.45) is 3.95. The first-order chi connectivity index (χ1) is 24.8. The summed E-state index contributed by atoms with van der Waals surface area (Å²) in [4.78, 5) is 18.4. The van der Waals surface area contributed by atoms with Gasteiger partial charge < -0.3 is 0 Å². The summed E-state index contributed by atoms with van der Waals surface area (Å²) >= 11 is 0. The van der Waals surface area contributed by atoms with Crippen LogP contribution in [0.3, 0.4) is 0 Å². The van der Waals surface area contributed by atoms with Crippen LogP contribution in [-0.2, 0) is 0 Å². The number of benzene rings is 7. The van der Waals surface area contributed by atoms with Gasteiger partial charge in [0.25, 0.3) is 0 Å². The lowest BCUT2D eigenvalue weighted by Gasteiger charge is -2.16. The fraction of sp³-hybridized carbons (Fsp3) is 0. The second-order valence-electron chi connectivity index (χ2n) is 12.4. The summed E-state index contributed by atoms with van der Waals surface area (Å²) in [7, 11) is 0. The number of aromatic amines is 1. The summed E-state index contributed by atoms with van der Waals surface area (Å²) < 4.78 is 0. The average molecular weight is 640 g/mol. The Kier molecular flexibility index (Phi) is 7.45. The zero-order valence-corrected chi connectivity index (χ0v) is 27.2. The van der Waals surface area contributed by atoms with E-state index >= 15 is 0 Å². The average Bonchev–Trinajstić information content (AvgIpc) is 3.20. The number of rotatable bonds is 6. The minimum absolute atomic E-state index is 0.627. The summed E-state index contributed by atoms with van der Waals surface area (Å²) in [6.45, 7) is 0. The zero-order valence-electron chi connectivity index (χ0n) is 27.2. The molecule has 0 radical (unpaired) electrons. The van der Waals surface area contributed by atoms with Crippen LogP contribution in [0.15, 0.2) is 182 Å². The smallest absolute Gasteiger partial charge is 0.174 e. The fourth-order valence-corrected chi connectivity index (χ4v) is 6.76. The van der Waals surface area contributed by atoms with Crippen LogP contribution in [0.2, 0.25) is 0 Å². The van der Waals surface area contributed by atoms with Gasteiger partial charge in [0, 0.05) is 28.3 Å². The van der Waals surface area contributed by atoms with Crippen LogP contribution in [0.1, 0.15) is 0 Å². The van der Waals surface area contributed by atoms with Gasteiger partial charge in [-0.1, -0.05) is 133 Å². The SMILES string of the molecule is c1ccc(-c2nc(-c3ccccc3)nc(-c3cc(-c4ccc(-c5ccc[nH+]c5)cc4)cc(-c4c5ccccc5cc5ccccc45)c3)n2)cc1. The second kappa shape index (κ2) is 12.7. The summed E-state index contributed by atoms with van der Waals surface area (Å²) in [5, 5.41) is 4.82. The van der Waals surface area contributed by atoms with E-state index < -0.39 is 0 Å². The van der Waals surface area contributed by atoms with Crippen molar-refractivity contribution < 1.29 is 4.98 Å². The summed E-state index contributed by atoms with van der Waals surface area (Å²) in [5.41, 5.74) is 9.60. The Labute approximate surface area is 290 Å². The first-order valence-electron chi connectivity index (χ1n) is 16.8. The van der Waals surface area contributed by atoms with Gasteiger partial charge in [-0.2, -0.15) is 0 Å². The van der Waals surface area contributed by atoms with E-state index in [0.29, 0.717) is 17.5 Å². The molecule has 2 heterocycles. The van der Waals surface area contributed by atoms with Crippen LogP contribution in [0.4, 0.5) is 0 Å². The van der Waals surface area contributed by atoms with Gasteiger partial charge in [0.15, 0.2) is 29.9 Å². The highest BCUT2D eigenvalue weighted by Gasteiger charge is 2.17. The molecule has 2 aromatic heterocycles. The molecule has 0 aliphatic carbocycles. The maximum atomic E-state index is 5.12. The lowest BCUT2D eigenvalue weighted by molar-refractivity contribution is -0.377. The van der Waals surface area contributed by atoms with Crippen molar-refractivity contribution >= 4 is 21.5 Å². The third-order valence-corrected chi connectivity index (χ3v) is 9.21. The molecular weight excluding hydrogens is 609 g/mol. The minimum atomic E-state index is 0.627.